The first kappa shape index (κ1) is 21.4. The maximum absolute atomic E-state index is 13.4. The van der Waals surface area contributed by atoms with Crippen LogP contribution in [0.25, 0.3) is 5.95 Å². The highest BCUT2D eigenvalue weighted by Gasteiger charge is 2.35. The molecule has 1 aliphatic carbocycles. The third-order valence-corrected chi connectivity index (χ3v) is 5.21. The molecular weight excluding hydrogens is 423 g/mol. The zero-order valence-electron chi connectivity index (χ0n) is 17.0. The summed E-state index contributed by atoms with van der Waals surface area (Å²) in [5.41, 5.74) is -1.48. The Hall–Kier alpha value is -3.81. The van der Waals surface area contributed by atoms with E-state index in [1.807, 2.05) is 0 Å². The van der Waals surface area contributed by atoms with E-state index in [1.165, 1.54) is 34.4 Å². The SMILES string of the molecule is CC(c1ncnn1-c1ncccn1)N(CC1CC1)C(=O)c1cc(C#N)cc(C(F)(F)F)c1. The molecule has 32 heavy (non-hydrogen) atoms. The standard InChI is InChI=1S/C21H18F3N7O/c1-13(18-28-12-29-31(18)20-26-5-2-6-27-20)30(11-14-3-4-14)19(32)16-7-15(10-25)8-17(9-16)21(22,23)24/h2,5-9,12-14H,3-4,11H2,1H3. The van der Waals surface area contributed by atoms with Gasteiger partial charge in [-0.3, -0.25) is 4.79 Å². The van der Waals surface area contributed by atoms with Crippen LogP contribution in [0.2, 0.25) is 0 Å². The van der Waals surface area contributed by atoms with Crippen molar-refractivity contribution in [3.05, 3.63) is 65.5 Å². The summed E-state index contributed by atoms with van der Waals surface area (Å²) < 4.78 is 41.4. The Balaban J connectivity index is 1.72. The predicted molar refractivity (Wildman–Crippen MR) is 105 cm³/mol. The minimum atomic E-state index is -4.68. The topological polar surface area (TPSA) is 101 Å². The normalized spacial score (nSPS) is 14.6. The van der Waals surface area contributed by atoms with Gasteiger partial charge in [-0.1, -0.05) is 0 Å². The largest absolute Gasteiger partial charge is 0.416 e. The highest BCUT2D eigenvalue weighted by Crippen LogP contribution is 2.35. The van der Waals surface area contributed by atoms with E-state index in [0.29, 0.717) is 12.4 Å². The summed E-state index contributed by atoms with van der Waals surface area (Å²) in [5.74, 6) is 0.275. The van der Waals surface area contributed by atoms with Gasteiger partial charge in [0.15, 0.2) is 5.82 Å². The third-order valence-electron chi connectivity index (χ3n) is 5.21. The second-order valence-electron chi connectivity index (χ2n) is 7.56. The molecule has 1 atom stereocenters. The highest BCUT2D eigenvalue weighted by molar-refractivity contribution is 5.95. The molecule has 164 valence electrons. The Morgan fingerprint density at radius 3 is 2.59 bits per heavy atom. The summed E-state index contributed by atoms with van der Waals surface area (Å²) in [4.78, 5) is 27.4. The van der Waals surface area contributed by atoms with Crippen LogP contribution in [-0.2, 0) is 6.18 Å². The number of aromatic nitrogens is 5. The number of carbonyl (C=O) groups is 1. The molecule has 0 spiro atoms. The van der Waals surface area contributed by atoms with Crippen LogP contribution in [-0.4, -0.2) is 42.1 Å². The van der Waals surface area contributed by atoms with Crippen molar-refractivity contribution >= 4 is 5.91 Å². The number of halogens is 3. The molecule has 0 aliphatic heterocycles. The number of amides is 1. The number of rotatable bonds is 6. The molecule has 1 saturated carbocycles. The van der Waals surface area contributed by atoms with Crippen molar-refractivity contribution in [2.24, 2.45) is 5.92 Å². The van der Waals surface area contributed by atoms with E-state index >= 15 is 0 Å². The molecule has 0 radical (unpaired) electrons. The lowest BCUT2D eigenvalue weighted by Crippen LogP contribution is -2.37. The number of nitriles is 1. The lowest BCUT2D eigenvalue weighted by atomic mass is 10.0. The van der Waals surface area contributed by atoms with Gasteiger partial charge in [0, 0.05) is 24.5 Å². The van der Waals surface area contributed by atoms with Gasteiger partial charge in [-0.15, -0.1) is 0 Å². The van der Waals surface area contributed by atoms with E-state index < -0.39 is 23.7 Å². The van der Waals surface area contributed by atoms with Gasteiger partial charge in [0.1, 0.15) is 6.33 Å². The Morgan fingerprint density at radius 1 is 1.25 bits per heavy atom. The second-order valence-corrected chi connectivity index (χ2v) is 7.56. The van der Waals surface area contributed by atoms with E-state index in [0.717, 1.165) is 25.0 Å². The lowest BCUT2D eigenvalue weighted by Gasteiger charge is -2.29. The van der Waals surface area contributed by atoms with Crippen molar-refractivity contribution < 1.29 is 18.0 Å². The smallest absolute Gasteiger partial charge is 0.328 e. The molecule has 1 amide bonds. The molecule has 11 heteroatoms. The predicted octanol–water partition coefficient (Wildman–Crippen LogP) is 3.56. The van der Waals surface area contributed by atoms with E-state index in [4.69, 9.17) is 0 Å². The fourth-order valence-electron chi connectivity index (χ4n) is 3.37. The van der Waals surface area contributed by atoms with Gasteiger partial charge in [0.2, 0.25) is 0 Å². The molecule has 1 aromatic carbocycles. The van der Waals surface area contributed by atoms with Crippen LogP contribution in [0, 0.1) is 17.2 Å². The van der Waals surface area contributed by atoms with Gasteiger partial charge >= 0.3 is 6.18 Å². The fraction of sp³-hybridized carbons (Fsp3) is 0.333. The van der Waals surface area contributed by atoms with Crippen LogP contribution >= 0.6 is 0 Å². The van der Waals surface area contributed by atoms with Gasteiger partial charge in [0.05, 0.1) is 23.2 Å². The fourth-order valence-corrected chi connectivity index (χ4v) is 3.37. The molecule has 3 aromatic rings. The minimum absolute atomic E-state index is 0.203. The summed E-state index contributed by atoms with van der Waals surface area (Å²) in [5, 5.41) is 13.3. The molecular formula is C21H18F3N7O. The van der Waals surface area contributed by atoms with Crippen LogP contribution in [0.15, 0.2) is 43.0 Å². The Labute approximate surface area is 181 Å². The first-order valence-corrected chi connectivity index (χ1v) is 9.88. The monoisotopic (exact) mass is 441 g/mol. The van der Waals surface area contributed by atoms with Gasteiger partial charge in [-0.2, -0.15) is 28.2 Å². The third kappa shape index (κ3) is 4.44. The van der Waals surface area contributed by atoms with Crippen molar-refractivity contribution in [2.75, 3.05) is 6.54 Å². The maximum atomic E-state index is 13.4. The summed E-state index contributed by atoms with van der Waals surface area (Å²) >= 11 is 0. The molecule has 1 aliphatic rings. The number of benzene rings is 1. The van der Waals surface area contributed by atoms with E-state index in [2.05, 4.69) is 20.1 Å². The van der Waals surface area contributed by atoms with E-state index in [1.54, 1.807) is 19.1 Å². The van der Waals surface area contributed by atoms with Gasteiger partial charge in [-0.25, -0.2) is 15.0 Å². The van der Waals surface area contributed by atoms with Crippen molar-refractivity contribution in [3.63, 3.8) is 0 Å². The first-order valence-electron chi connectivity index (χ1n) is 9.88. The van der Waals surface area contributed by atoms with Crippen molar-refractivity contribution in [1.29, 1.82) is 5.26 Å². The molecule has 0 bridgehead atoms. The zero-order valence-corrected chi connectivity index (χ0v) is 17.0. The van der Waals surface area contributed by atoms with E-state index in [-0.39, 0.29) is 23.0 Å². The first-order chi connectivity index (χ1) is 15.3. The average molecular weight is 441 g/mol. The van der Waals surface area contributed by atoms with Crippen molar-refractivity contribution in [2.45, 2.75) is 32.0 Å². The number of hydrogen-bond acceptors (Lipinski definition) is 6. The second kappa shape index (κ2) is 8.37. The van der Waals surface area contributed by atoms with Crippen LogP contribution in [0.3, 0.4) is 0 Å². The Kier molecular flexibility index (Phi) is 5.61. The minimum Gasteiger partial charge on any atom is -0.328 e. The Bertz CT molecular complexity index is 1170. The maximum Gasteiger partial charge on any atom is 0.416 e. The molecule has 2 heterocycles. The van der Waals surface area contributed by atoms with Gasteiger partial charge in [-0.05, 0) is 49.9 Å². The van der Waals surface area contributed by atoms with Crippen LogP contribution in [0.5, 0.6) is 0 Å². The highest BCUT2D eigenvalue weighted by atomic mass is 19.4. The number of hydrogen-bond donors (Lipinski definition) is 0. The quantitative estimate of drug-likeness (QED) is 0.580. The molecule has 8 nitrogen and oxygen atoms in total. The summed E-state index contributed by atoms with van der Waals surface area (Å²) in [6.45, 7) is 2.07. The molecule has 2 aromatic heterocycles. The molecule has 1 unspecified atom stereocenters. The summed E-state index contributed by atoms with van der Waals surface area (Å²) in [6, 6.07) is 5.40. The zero-order chi connectivity index (χ0) is 22.9. The van der Waals surface area contributed by atoms with E-state index in [9.17, 15) is 23.2 Å². The summed E-state index contributed by atoms with van der Waals surface area (Å²) in [7, 11) is 0. The van der Waals surface area contributed by atoms with Gasteiger partial charge in [0.25, 0.3) is 11.9 Å². The molecule has 1 fully saturated rings. The van der Waals surface area contributed by atoms with Crippen molar-refractivity contribution in [1.82, 2.24) is 29.6 Å². The number of alkyl halides is 3. The molecule has 4 rings (SSSR count). The van der Waals surface area contributed by atoms with Crippen LogP contribution < -0.4 is 0 Å². The van der Waals surface area contributed by atoms with Crippen molar-refractivity contribution in [3.8, 4) is 12.0 Å². The van der Waals surface area contributed by atoms with Gasteiger partial charge < -0.3 is 4.90 Å². The Morgan fingerprint density at radius 2 is 1.97 bits per heavy atom. The lowest BCUT2D eigenvalue weighted by molar-refractivity contribution is -0.137. The number of carbonyl (C=O) groups excluding carboxylic acids is 1. The molecule has 0 saturated heterocycles. The average Bonchev–Trinajstić information content (AvgIpc) is 3.48. The number of nitrogens with zero attached hydrogens (tertiary/aromatic N) is 7. The molecule has 0 N–H and O–H groups in total. The summed E-state index contributed by atoms with van der Waals surface area (Å²) in [6.07, 6.45) is 1.56. The van der Waals surface area contributed by atoms with Crippen LogP contribution in [0.4, 0.5) is 13.2 Å². The van der Waals surface area contributed by atoms with Crippen LogP contribution in [0.1, 0.15) is 53.1 Å².